The maximum Gasteiger partial charge on any atom is 0.433 e. The van der Waals surface area contributed by atoms with Crippen LogP contribution in [0.15, 0.2) is 53.3 Å². The van der Waals surface area contributed by atoms with Crippen LogP contribution in [-0.4, -0.2) is 35.7 Å². The van der Waals surface area contributed by atoms with Gasteiger partial charge in [0.05, 0.1) is 12.2 Å². The summed E-state index contributed by atoms with van der Waals surface area (Å²) in [5, 5.41) is 13.9. The van der Waals surface area contributed by atoms with Gasteiger partial charge in [0.25, 0.3) is 0 Å². The quantitative estimate of drug-likeness (QED) is 0.370. The molecule has 0 spiro atoms. The van der Waals surface area contributed by atoms with Gasteiger partial charge in [-0.1, -0.05) is 68.8 Å². The van der Waals surface area contributed by atoms with Crippen molar-refractivity contribution in [1.29, 1.82) is 0 Å². The Morgan fingerprint density at radius 2 is 1.69 bits per heavy atom. The largest absolute Gasteiger partial charge is 0.433 e. The molecule has 0 atom stereocenters. The highest BCUT2D eigenvalue weighted by Crippen LogP contribution is 2.33. The summed E-state index contributed by atoms with van der Waals surface area (Å²) in [7, 11) is 0. The van der Waals surface area contributed by atoms with Gasteiger partial charge in [0.2, 0.25) is 5.91 Å². The SMILES string of the molecule is CCCC(=O)n1c(C(F)(F)F)c(CCC)n(Cc2ccc(-c3ccccc3-c3nnn[nH]3)cc2)c1=O. The predicted molar refractivity (Wildman–Crippen MR) is 127 cm³/mol. The van der Waals surface area contributed by atoms with Crippen LogP contribution in [0.5, 0.6) is 0 Å². The van der Waals surface area contributed by atoms with Gasteiger partial charge in [0.15, 0.2) is 11.5 Å². The van der Waals surface area contributed by atoms with E-state index in [1.807, 2.05) is 36.4 Å². The Kier molecular flexibility index (Phi) is 7.18. The van der Waals surface area contributed by atoms with E-state index in [9.17, 15) is 22.8 Å². The summed E-state index contributed by atoms with van der Waals surface area (Å²) in [6, 6.07) is 14.7. The van der Waals surface area contributed by atoms with Gasteiger partial charge in [-0.05, 0) is 40.0 Å². The molecule has 0 aliphatic carbocycles. The number of H-pyrrole nitrogens is 1. The van der Waals surface area contributed by atoms with Crippen molar-refractivity contribution in [2.24, 2.45) is 0 Å². The number of alkyl halides is 3. The zero-order valence-electron chi connectivity index (χ0n) is 19.8. The first-order valence-corrected chi connectivity index (χ1v) is 11.6. The monoisotopic (exact) mass is 498 g/mol. The van der Waals surface area contributed by atoms with Gasteiger partial charge in [0.1, 0.15) is 0 Å². The topological polar surface area (TPSA) is 98.5 Å². The smallest absolute Gasteiger partial charge is 0.291 e. The van der Waals surface area contributed by atoms with E-state index in [1.165, 1.54) is 0 Å². The molecule has 1 N–H and O–H groups in total. The average Bonchev–Trinajstić information content (AvgIpc) is 3.48. The van der Waals surface area contributed by atoms with E-state index in [0.29, 0.717) is 28.8 Å². The van der Waals surface area contributed by atoms with Crippen molar-refractivity contribution < 1.29 is 18.0 Å². The molecule has 2 aromatic heterocycles. The molecule has 0 saturated carbocycles. The van der Waals surface area contributed by atoms with Crippen LogP contribution in [0, 0.1) is 0 Å². The maximum absolute atomic E-state index is 14.0. The molecule has 11 heteroatoms. The van der Waals surface area contributed by atoms with Crippen LogP contribution >= 0.6 is 0 Å². The number of halogens is 3. The van der Waals surface area contributed by atoms with Crippen LogP contribution in [0.4, 0.5) is 13.2 Å². The molecule has 36 heavy (non-hydrogen) atoms. The Bertz CT molecular complexity index is 1400. The highest BCUT2D eigenvalue weighted by molar-refractivity contribution is 5.80. The maximum atomic E-state index is 14.0. The summed E-state index contributed by atoms with van der Waals surface area (Å²) in [5.41, 5.74) is 0.826. The van der Waals surface area contributed by atoms with Crippen LogP contribution in [0.3, 0.4) is 0 Å². The number of hydrogen-bond donors (Lipinski definition) is 1. The Balaban J connectivity index is 1.74. The van der Waals surface area contributed by atoms with E-state index in [0.717, 1.165) is 21.3 Å². The van der Waals surface area contributed by atoms with Crippen molar-refractivity contribution >= 4 is 5.91 Å². The fourth-order valence-corrected chi connectivity index (χ4v) is 4.28. The molecular formula is C25H25F3N6O2. The minimum absolute atomic E-state index is 0.0210. The lowest BCUT2D eigenvalue weighted by Gasteiger charge is -2.13. The van der Waals surface area contributed by atoms with Crippen molar-refractivity contribution in [3.8, 4) is 22.5 Å². The van der Waals surface area contributed by atoms with E-state index in [4.69, 9.17) is 0 Å². The van der Waals surface area contributed by atoms with Crippen molar-refractivity contribution in [1.82, 2.24) is 29.8 Å². The number of aromatic amines is 1. The normalized spacial score (nSPS) is 11.7. The van der Waals surface area contributed by atoms with E-state index >= 15 is 0 Å². The van der Waals surface area contributed by atoms with Crippen LogP contribution in [0.25, 0.3) is 22.5 Å². The summed E-state index contributed by atoms with van der Waals surface area (Å²) in [6.07, 6.45) is -4.23. The third-order valence-electron chi connectivity index (χ3n) is 5.85. The molecule has 2 aromatic carbocycles. The fraction of sp³-hybridized carbons (Fsp3) is 0.320. The van der Waals surface area contributed by atoms with Gasteiger partial charge in [-0.15, -0.1) is 5.10 Å². The van der Waals surface area contributed by atoms with Crippen LogP contribution in [0.1, 0.15) is 54.9 Å². The number of carbonyl (C=O) groups excluding carboxylic acids is 1. The number of tetrazole rings is 1. The molecule has 0 saturated heterocycles. The van der Waals surface area contributed by atoms with E-state index in [-0.39, 0.29) is 25.1 Å². The molecule has 0 aliphatic rings. The van der Waals surface area contributed by atoms with Gasteiger partial charge in [-0.3, -0.25) is 9.36 Å². The zero-order chi connectivity index (χ0) is 25.9. The minimum atomic E-state index is -4.83. The lowest BCUT2D eigenvalue weighted by Crippen LogP contribution is -2.32. The Morgan fingerprint density at radius 3 is 2.28 bits per heavy atom. The number of imidazole rings is 1. The van der Waals surface area contributed by atoms with Gasteiger partial charge in [-0.2, -0.15) is 13.2 Å². The second kappa shape index (κ2) is 10.3. The molecule has 8 nitrogen and oxygen atoms in total. The Hall–Kier alpha value is -4.02. The summed E-state index contributed by atoms with van der Waals surface area (Å²) in [4.78, 5) is 25.6. The third-order valence-corrected chi connectivity index (χ3v) is 5.85. The molecule has 0 radical (unpaired) electrons. The first-order valence-electron chi connectivity index (χ1n) is 11.6. The number of hydrogen-bond acceptors (Lipinski definition) is 5. The van der Waals surface area contributed by atoms with E-state index in [1.54, 1.807) is 26.0 Å². The number of rotatable bonds is 8. The minimum Gasteiger partial charge on any atom is -0.291 e. The van der Waals surface area contributed by atoms with E-state index in [2.05, 4.69) is 20.6 Å². The number of nitrogens with zero attached hydrogens (tertiary/aromatic N) is 5. The van der Waals surface area contributed by atoms with Crippen LogP contribution in [-0.2, 0) is 19.1 Å². The molecule has 2 heterocycles. The van der Waals surface area contributed by atoms with Crippen molar-refractivity contribution in [2.75, 3.05) is 0 Å². The van der Waals surface area contributed by atoms with Gasteiger partial charge in [0, 0.05) is 12.0 Å². The highest BCUT2D eigenvalue weighted by Gasteiger charge is 2.41. The summed E-state index contributed by atoms with van der Waals surface area (Å²) < 4.78 is 43.4. The summed E-state index contributed by atoms with van der Waals surface area (Å²) in [5.74, 6) is -0.344. The molecule has 0 amide bonds. The molecule has 4 aromatic rings. The second-order valence-electron chi connectivity index (χ2n) is 8.38. The molecule has 0 aliphatic heterocycles. The number of nitrogens with one attached hydrogen (secondary N) is 1. The third kappa shape index (κ3) is 4.86. The standard InChI is InChI=1S/C25H25F3N6O2/c1-3-7-20-22(25(26,27)28)34(21(35)8-4-2)24(36)33(20)15-16-11-13-17(14-12-16)18-9-5-6-10-19(18)23-29-31-32-30-23/h5-6,9-14H,3-4,7-8,15H2,1-2H3,(H,29,30,31,32). The Morgan fingerprint density at radius 1 is 1.00 bits per heavy atom. The fourth-order valence-electron chi connectivity index (χ4n) is 4.28. The molecule has 0 fully saturated rings. The van der Waals surface area contributed by atoms with Crippen molar-refractivity contribution in [3.05, 3.63) is 76.0 Å². The first kappa shape index (κ1) is 25.1. The zero-order valence-corrected chi connectivity index (χ0v) is 19.8. The van der Waals surface area contributed by atoms with Crippen molar-refractivity contribution in [3.63, 3.8) is 0 Å². The highest BCUT2D eigenvalue weighted by atomic mass is 19.4. The van der Waals surface area contributed by atoms with Gasteiger partial charge in [-0.25, -0.2) is 14.5 Å². The van der Waals surface area contributed by atoms with Gasteiger partial charge < -0.3 is 0 Å². The van der Waals surface area contributed by atoms with E-state index < -0.39 is 23.5 Å². The summed E-state index contributed by atoms with van der Waals surface area (Å²) in [6.45, 7) is 3.33. The molecule has 188 valence electrons. The van der Waals surface area contributed by atoms with Crippen LogP contribution < -0.4 is 5.69 Å². The molecule has 0 bridgehead atoms. The second-order valence-corrected chi connectivity index (χ2v) is 8.38. The van der Waals surface area contributed by atoms with Gasteiger partial charge >= 0.3 is 11.9 Å². The van der Waals surface area contributed by atoms with Crippen LogP contribution in [0.2, 0.25) is 0 Å². The number of aromatic nitrogens is 6. The lowest BCUT2D eigenvalue weighted by molar-refractivity contribution is -0.143. The average molecular weight is 499 g/mol. The van der Waals surface area contributed by atoms with Crippen molar-refractivity contribution in [2.45, 2.75) is 52.3 Å². The molecular weight excluding hydrogens is 473 g/mol. The predicted octanol–water partition coefficient (Wildman–Crippen LogP) is 4.96. The first-order chi connectivity index (χ1) is 17.3. The Labute approximate surface area is 204 Å². The molecule has 4 rings (SSSR count). The lowest BCUT2D eigenvalue weighted by atomic mass is 9.98. The molecule has 0 unspecified atom stereocenters. The summed E-state index contributed by atoms with van der Waals surface area (Å²) >= 11 is 0. The number of carbonyl (C=O) groups is 1. The number of benzene rings is 2.